The molecular weight excluding hydrogens is 715 g/mol. The van der Waals surface area contributed by atoms with E-state index < -0.39 is 5.97 Å². The summed E-state index contributed by atoms with van der Waals surface area (Å²) in [4.78, 5) is 29.8. The number of nitrogens with zero attached hydrogens (tertiary/aromatic N) is 5. The molecule has 3 aromatic heterocycles. The third-order valence-corrected chi connectivity index (χ3v) is 11.2. The second-order valence-corrected chi connectivity index (χ2v) is 14.9. The number of aliphatic hydroxyl groups is 1. The molecule has 0 amide bonds. The maximum absolute atomic E-state index is 11.4. The zero-order valence-electron chi connectivity index (χ0n) is 29.3. The van der Waals surface area contributed by atoms with E-state index in [4.69, 9.17) is 37.7 Å². The number of anilines is 2. The first kappa shape index (κ1) is 35.5. The summed E-state index contributed by atoms with van der Waals surface area (Å²) in [5.41, 5.74) is 7.47. The smallest absolute Gasteiger partial charge is 0.307 e. The number of hydrogen-bond donors (Lipinski definition) is 3. The van der Waals surface area contributed by atoms with E-state index in [9.17, 15) is 15.0 Å². The van der Waals surface area contributed by atoms with E-state index in [1.54, 1.807) is 19.4 Å². The van der Waals surface area contributed by atoms with Crippen LogP contribution in [0.5, 0.6) is 11.8 Å². The number of carboxylic acids is 1. The predicted octanol–water partition coefficient (Wildman–Crippen LogP) is 7.29. The number of pyridine rings is 3. The molecule has 274 valence electrons. The summed E-state index contributed by atoms with van der Waals surface area (Å²) in [5, 5.41) is 24.7. The maximum atomic E-state index is 11.4. The lowest BCUT2D eigenvalue weighted by Gasteiger charge is -2.20. The van der Waals surface area contributed by atoms with Crippen LogP contribution in [0.15, 0.2) is 67.0 Å². The van der Waals surface area contributed by atoms with Gasteiger partial charge in [-0.3, -0.25) is 19.6 Å². The first-order valence-corrected chi connectivity index (χ1v) is 18.7. The molecule has 3 N–H and O–H groups in total. The van der Waals surface area contributed by atoms with Gasteiger partial charge in [0.1, 0.15) is 16.6 Å². The van der Waals surface area contributed by atoms with Crippen molar-refractivity contribution in [2.45, 2.75) is 51.0 Å². The number of carbonyl (C=O) groups is 1. The van der Waals surface area contributed by atoms with Crippen LogP contribution < -0.4 is 14.8 Å². The van der Waals surface area contributed by atoms with Gasteiger partial charge in [0.05, 0.1) is 29.8 Å². The molecule has 0 radical (unpaired) electrons. The molecule has 5 aromatic rings. The molecule has 0 unspecified atom stereocenters. The Morgan fingerprint density at radius 2 is 1.77 bits per heavy atom. The monoisotopic (exact) mass is 754 g/mol. The highest BCUT2D eigenvalue weighted by Gasteiger charge is 2.31. The minimum Gasteiger partial charge on any atom is -0.481 e. The van der Waals surface area contributed by atoms with Crippen LogP contribution in [0, 0.1) is 5.92 Å². The molecule has 0 saturated carbocycles. The molecule has 13 heteroatoms. The Morgan fingerprint density at radius 3 is 2.57 bits per heavy atom. The first-order chi connectivity index (χ1) is 25.7. The number of fused-ring (bicyclic) bond motifs is 2. The zero-order chi connectivity index (χ0) is 36.6. The summed E-state index contributed by atoms with van der Waals surface area (Å²) in [6.45, 7) is 3.95. The van der Waals surface area contributed by atoms with Gasteiger partial charge in [-0.25, -0.2) is 4.98 Å². The molecule has 53 heavy (non-hydrogen) atoms. The van der Waals surface area contributed by atoms with E-state index in [1.807, 2.05) is 36.5 Å². The van der Waals surface area contributed by atoms with Crippen LogP contribution in [0.1, 0.15) is 47.6 Å². The van der Waals surface area contributed by atoms with Gasteiger partial charge in [-0.05, 0) is 78.7 Å². The number of nitrogens with one attached hydrogen (secondary N) is 1. The van der Waals surface area contributed by atoms with Crippen molar-refractivity contribution in [2.24, 2.45) is 5.92 Å². The van der Waals surface area contributed by atoms with Crippen LogP contribution in [-0.2, 0) is 24.3 Å². The molecule has 2 aliphatic heterocycles. The molecule has 8 rings (SSSR count). The lowest BCUT2D eigenvalue weighted by molar-refractivity contribution is -0.141. The quantitative estimate of drug-likeness (QED) is 0.126. The highest BCUT2D eigenvalue weighted by molar-refractivity contribution is 6.36. The Balaban J connectivity index is 1.01. The Labute approximate surface area is 317 Å². The largest absolute Gasteiger partial charge is 0.481 e. The van der Waals surface area contributed by atoms with Crippen molar-refractivity contribution in [3.05, 3.63) is 99.3 Å². The van der Waals surface area contributed by atoms with Crippen LogP contribution >= 0.6 is 23.2 Å². The fourth-order valence-electron chi connectivity index (χ4n) is 7.87. The Hall–Kier alpha value is -4.52. The summed E-state index contributed by atoms with van der Waals surface area (Å²) in [6, 6.07) is 18.0. The van der Waals surface area contributed by atoms with Gasteiger partial charge in [-0.1, -0.05) is 53.5 Å². The number of hydrogen-bond acceptors (Lipinski definition) is 10. The number of aliphatic carboxylic acids is 1. The number of rotatable bonds is 11. The molecule has 2 fully saturated rings. The van der Waals surface area contributed by atoms with Crippen molar-refractivity contribution in [1.29, 1.82) is 0 Å². The van der Waals surface area contributed by atoms with E-state index >= 15 is 0 Å². The average Bonchev–Trinajstić information content (AvgIpc) is 3.90. The topological polar surface area (TPSA) is 133 Å². The number of methoxy groups -OCH3 is 1. The van der Waals surface area contributed by atoms with Crippen LogP contribution in [0.4, 0.5) is 11.5 Å². The predicted molar refractivity (Wildman–Crippen MR) is 204 cm³/mol. The Kier molecular flexibility index (Phi) is 10.1. The highest BCUT2D eigenvalue weighted by Crippen LogP contribution is 2.44. The average molecular weight is 756 g/mol. The Bertz CT molecular complexity index is 2190. The minimum absolute atomic E-state index is 0.260. The number of aliphatic hydroxyl groups excluding tert-OH is 1. The van der Waals surface area contributed by atoms with E-state index in [2.05, 4.69) is 43.3 Å². The van der Waals surface area contributed by atoms with Gasteiger partial charge < -0.3 is 25.0 Å². The number of ether oxygens (including phenoxy) is 2. The van der Waals surface area contributed by atoms with E-state index in [0.717, 1.165) is 82.3 Å². The van der Waals surface area contributed by atoms with Gasteiger partial charge in [-0.2, -0.15) is 4.98 Å². The number of benzene rings is 2. The molecule has 11 nitrogen and oxygen atoms in total. The summed E-state index contributed by atoms with van der Waals surface area (Å²) in [5.74, 6) is 0.177. The zero-order valence-corrected chi connectivity index (χ0v) is 30.8. The van der Waals surface area contributed by atoms with Gasteiger partial charge >= 0.3 is 5.97 Å². The molecule has 1 aliphatic carbocycles. The number of carboxylic acid groups (broad SMARTS) is 1. The van der Waals surface area contributed by atoms with Gasteiger partial charge in [-0.15, -0.1) is 0 Å². The van der Waals surface area contributed by atoms with Gasteiger partial charge in [0.15, 0.2) is 5.82 Å². The number of likely N-dealkylation sites (tertiary alicyclic amines) is 2. The highest BCUT2D eigenvalue weighted by atomic mass is 35.5. The number of aromatic nitrogens is 3. The van der Waals surface area contributed by atoms with Crippen molar-refractivity contribution < 1.29 is 24.5 Å². The lowest BCUT2D eigenvalue weighted by Crippen LogP contribution is -2.23. The van der Waals surface area contributed by atoms with Crippen molar-refractivity contribution in [1.82, 2.24) is 24.8 Å². The molecular formula is C40H40Cl2N6O5. The van der Waals surface area contributed by atoms with Gasteiger partial charge in [0, 0.05) is 61.6 Å². The molecule has 2 aromatic carbocycles. The maximum Gasteiger partial charge on any atom is 0.307 e. The minimum atomic E-state index is -0.771. The third-order valence-electron chi connectivity index (χ3n) is 10.5. The fourth-order valence-corrected chi connectivity index (χ4v) is 8.37. The standard InChI is InChI=1S/C40H40Cl2N6O5/c1-52-38-26(21-48-14-11-25(20-48)40(50)51)17-32(41)39(46-38)53-34-9-8-29-28(4-2-5-30(29)34)31-6-3-7-33(35(31)42)45-37-36-24(10-13-43-37)16-23(18-44-36)19-47-15-12-27(49)22-47/h2-7,10,13,16-18,25,27,34,49H,8-9,11-12,14-15,19-22H2,1H3,(H,43,45)(H,50,51)/t25-,27-,34+/m1/s1. The summed E-state index contributed by atoms with van der Waals surface area (Å²) in [7, 11) is 1.56. The van der Waals surface area contributed by atoms with Crippen molar-refractivity contribution in [3.63, 3.8) is 0 Å². The van der Waals surface area contributed by atoms with Crippen LogP contribution in [-0.4, -0.2) is 80.3 Å². The molecule has 3 atom stereocenters. The van der Waals surface area contributed by atoms with E-state index in [-0.39, 0.29) is 18.1 Å². The number of β-amino-alcohol motifs (C(OH)–C–C–N with tert-alkyl or cyclic N) is 1. The third kappa shape index (κ3) is 7.36. The normalized spacial score (nSPS) is 20.2. The first-order valence-electron chi connectivity index (χ1n) is 17.9. The SMILES string of the molecule is COc1nc(O[C@H]2CCc3c(-c4cccc(Nc5nccc6cc(CN7CC[C@@H](O)C7)cnc56)c4Cl)cccc32)c(Cl)cc1CN1CC[C@@H](C(=O)O)C1. The van der Waals surface area contributed by atoms with Crippen molar-refractivity contribution in [3.8, 4) is 22.9 Å². The molecule has 3 aliphatic rings. The van der Waals surface area contributed by atoms with Crippen LogP contribution in [0.25, 0.3) is 22.0 Å². The summed E-state index contributed by atoms with van der Waals surface area (Å²) in [6.07, 6.45) is 6.05. The van der Waals surface area contributed by atoms with E-state index in [1.165, 1.54) is 0 Å². The van der Waals surface area contributed by atoms with Crippen LogP contribution in [0.3, 0.4) is 0 Å². The second-order valence-electron chi connectivity index (χ2n) is 14.1. The molecule has 5 heterocycles. The summed E-state index contributed by atoms with van der Waals surface area (Å²) < 4.78 is 12.1. The van der Waals surface area contributed by atoms with Crippen molar-refractivity contribution in [2.75, 3.05) is 38.6 Å². The van der Waals surface area contributed by atoms with Crippen LogP contribution in [0.2, 0.25) is 10.0 Å². The molecule has 2 saturated heterocycles. The van der Waals surface area contributed by atoms with Crippen molar-refractivity contribution >= 4 is 51.6 Å². The Morgan fingerprint density at radius 1 is 0.962 bits per heavy atom. The number of halogens is 2. The second kappa shape index (κ2) is 15.1. The summed E-state index contributed by atoms with van der Waals surface area (Å²) >= 11 is 13.9. The molecule has 0 bridgehead atoms. The molecule has 0 spiro atoms. The van der Waals surface area contributed by atoms with E-state index in [0.29, 0.717) is 60.2 Å². The van der Waals surface area contributed by atoms with Gasteiger partial charge in [0.25, 0.3) is 0 Å². The van der Waals surface area contributed by atoms with Gasteiger partial charge in [0.2, 0.25) is 11.8 Å². The fraction of sp³-hybridized carbons (Fsp3) is 0.350. The lowest BCUT2D eigenvalue weighted by atomic mass is 9.96.